The van der Waals surface area contributed by atoms with Gasteiger partial charge in [-0.3, -0.25) is 9.59 Å². The molecule has 1 N–H and O–H groups in total. The SMILES string of the molecule is CCC1(C(=O)N2Cc3ccc(O)cc3CC2C(=O)N2CCN(c3ccc4c(c3)OCO4)CC2)COC1. The molecule has 1 unspecified atom stereocenters. The zero-order valence-corrected chi connectivity index (χ0v) is 20.4. The second-order valence-electron chi connectivity index (χ2n) is 10.1. The molecular formula is C27H31N3O6. The highest BCUT2D eigenvalue weighted by molar-refractivity contribution is 5.91. The van der Waals surface area contributed by atoms with E-state index >= 15 is 0 Å². The first-order chi connectivity index (χ1) is 17.5. The Morgan fingerprint density at radius 1 is 1.00 bits per heavy atom. The summed E-state index contributed by atoms with van der Waals surface area (Å²) in [5.41, 5.74) is 2.39. The summed E-state index contributed by atoms with van der Waals surface area (Å²) in [7, 11) is 0. The molecule has 6 rings (SSSR count). The summed E-state index contributed by atoms with van der Waals surface area (Å²) in [5, 5.41) is 10.0. The van der Waals surface area contributed by atoms with Gasteiger partial charge in [0.1, 0.15) is 11.8 Å². The Morgan fingerprint density at radius 3 is 2.50 bits per heavy atom. The Hall–Kier alpha value is -3.46. The van der Waals surface area contributed by atoms with E-state index in [-0.39, 0.29) is 24.4 Å². The largest absolute Gasteiger partial charge is 0.508 e. The van der Waals surface area contributed by atoms with E-state index in [1.54, 1.807) is 17.0 Å². The number of nitrogens with zero attached hydrogens (tertiary/aromatic N) is 3. The molecule has 2 amide bonds. The lowest BCUT2D eigenvalue weighted by Gasteiger charge is -2.47. The zero-order chi connectivity index (χ0) is 24.9. The van der Waals surface area contributed by atoms with Crippen LogP contribution in [0.25, 0.3) is 0 Å². The molecule has 2 fully saturated rings. The van der Waals surface area contributed by atoms with Gasteiger partial charge >= 0.3 is 0 Å². The van der Waals surface area contributed by atoms with Crippen molar-refractivity contribution in [2.75, 3.05) is 51.1 Å². The van der Waals surface area contributed by atoms with E-state index in [4.69, 9.17) is 14.2 Å². The first-order valence-corrected chi connectivity index (χ1v) is 12.6. The molecule has 9 heteroatoms. The first kappa shape index (κ1) is 23.0. The van der Waals surface area contributed by atoms with Gasteiger partial charge in [0.2, 0.25) is 18.6 Å². The highest BCUT2D eigenvalue weighted by Gasteiger charge is 2.50. The molecule has 36 heavy (non-hydrogen) atoms. The number of piperazine rings is 1. The Bertz CT molecular complexity index is 1180. The summed E-state index contributed by atoms with van der Waals surface area (Å²) in [4.78, 5) is 33.5. The second kappa shape index (κ2) is 8.89. The van der Waals surface area contributed by atoms with E-state index in [0.717, 1.165) is 28.3 Å². The molecule has 4 aliphatic heterocycles. The van der Waals surface area contributed by atoms with Gasteiger partial charge in [0.05, 0.1) is 18.6 Å². The van der Waals surface area contributed by atoms with Crippen molar-refractivity contribution in [1.29, 1.82) is 0 Å². The van der Waals surface area contributed by atoms with E-state index in [1.807, 2.05) is 36.1 Å². The maximum atomic E-state index is 13.9. The van der Waals surface area contributed by atoms with Gasteiger partial charge in [-0.15, -0.1) is 0 Å². The monoisotopic (exact) mass is 493 g/mol. The van der Waals surface area contributed by atoms with E-state index in [2.05, 4.69) is 4.90 Å². The highest BCUT2D eigenvalue weighted by atomic mass is 16.7. The third-order valence-corrected chi connectivity index (χ3v) is 8.07. The number of anilines is 1. The number of aromatic hydroxyl groups is 1. The van der Waals surface area contributed by atoms with Crippen molar-refractivity contribution in [3.05, 3.63) is 47.5 Å². The number of rotatable bonds is 4. The van der Waals surface area contributed by atoms with Crippen molar-refractivity contribution in [3.8, 4) is 17.2 Å². The van der Waals surface area contributed by atoms with Crippen LogP contribution in [0.3, 0.4) is 0 Å². The molecule has 4 heterocycles. The van der Waals surface area contributed by atoms with Crippen LogP contribution in [0.2, 0.25) is 0 Å². The summed E-state index contributed by atoms with van der Waals surface area (Å²) in [6.45, 7) is 5.93. The molecule has 0 bridgehead atoms. The number of carbonyl (C=O) groups excluding carboxylic acids is 2. The van der Waals surface area contributed by atoms with Crippen molar-refractivity contribution in [2.45, 2.75) is 32.4 Å². The van der Waals surface area contributed by atoms with Crippen LogP contribution < -0.4 is 14.4 Å². The standard InChI is InChI=1S/C27H31N3O6/c1-2-27(15-34-16-27)26(33)30-14-18-3-5-21(31)11-19(18)12-22(30)25(32)29-9-7-28(8-10-29)20-4-6-23-24(13-20)36-17-35-23/h3-6,11,13,22,31H,2,7-10,12,14-17H2,1H3. The van der Waals surface area contributed by atoms with Gasteiger partial charge in [-0.2, -0.15) is 0 Å². The van der Waals surface area contributed by atoms with Gasteiger partial charge in [-0.25, -0.2) is 0 Å². The molecule has 0 spiro atoms. The van der Waals surface area contributed by atoms with Gasteiger partial charge in [-0.05, 0) is 41.8 Å². The molecule has 0 saturated carbocycles. The molecule has 2 aromatic carbocycles. The minimum Gasteiger partial charge on any atom is -0.508 e. The van der Waals surface area contributed by atoms with Crippen molar-refractivity contribution < 1.29 is 28.9 Å². The molecule has 1 atom stereocenters. The minimum absolute atomic E-state index is 0.00711. The topological polar surface area (TPSA) is 91.8 Å². The molecule has 2 aromatic rings. The number of amides is 2. The average molecular weight is 494 g/mol. The molecular weight excluding hydrogens is 462 g/mol. The number of ether oxygens (including phenoxy) is 3. The molecule has 0 aliphatic carbocycles. The lowest BCUT2D eigenvalue weighted by Crippen LogP contribution is -2.62. The van der Waals surface area contributed by atoms with E-state index in [1.165, 1.54) is 0 Å². The number of benzene rings is 2. The number of hydrogen-bond donors (Lipinski definition) is 1. The fourth-order valence-electron chi connectivity index (χ4n) is 5.61. The number of fused-ring (bicyclic) bond motifs is 2. The van der Waals surface area contributed by atoms with Crippen LogP contribution in [-0.4, -0.2) is 78.9 Å². The Kier molecular flexibility index (Phi) is 5.67. The first-order valence-electron chi connectivity index (χ1n) is 12.6. The van der Waals surface area contributed by atoms with Crippen molar-refractivity contribution in [1.82, 2.24) is 9.80 Å². The van der Waals surface area contributed by atoms with Gasteiger partial charge in [-0.1, -0.05) is 13.0 Å². The van der Waals surface area contributed by atoms with Crippen LogP contribution in [0, 0.1) is 5.41 Å². The third kappa shape index (κ3) is 3.82. The van der Waals surface area contributed by atoms with Crippen LogP contribution in [0.15, 0.2) is 36.4 Å². The predicted octanol–water partition coefficient (Wildman–Crippen LogP) is 2.15. The lowest BCUT2D eigenvalue weighted by molar-refractivity contribution is -0.179. The summed E-state index contributed by atoms with van der Waals surface area (Å²) in [5.74, 6) is 1.63. The summed E-state index contributed by atoms with van der Waals surface area (Å²) >= 11 is 0. The highest BCUT2D eigenvalue weighted by Crippen LogP contribution is 2.38. The predicted molar refractivity (Wildman–Crippen MR) is 131 cm³/mol. The lowest BCUT2D eigenvalue weighted by atomic mass is 9.80. The minimum atomic E-state index is -0.590. The van der Waals surface area contributed by atoms with Crippen molar-refractivity contribution >= 4 is 17.5 Å². The van der Waals surface area contributed by atoms with E-state index in [9.17, 15) is 14.7 Å². The van der Waals surface area contributed by atoms with Crippen LogP contribution in [0.1, 0.15) is 24.5 Å². The Balaban J connectivity index is 1.20. The van der Waals surface area contributed by atoms with Gasteiger partial charge in [0, 0.05) is 50.9 Å². The van der Waals surface area contributed by atoms with Gasteiger partial charge in [0.15, 0.2) is 11.5 Å². The fraction of sp³-hybridized carbons (Fsp3) is 0.481. The summed E-state index contributed by atoms with van der Waals surface area (Å²) < 4.78 is 16.3. The zero-order valence-electron chi connectivity index (χ0n) is 20.4. The van der Waals surface area contributed by atoms with Crippen LogP contribution >= 0.6 is 0 Å². The smallest absolute Gasteiger partial charge is 0.245 e. The maximum absolute atomic E-state index is 13.9. The quantitative estimate of drug-likeness (QED) is 0.698. The third-order valence-electron chi connectivity index (χ3n) is 8.07. The van der Waals surface area contributed by atoms with Crippen LogP contribution in [0.4, 0.5) is 5.69 Å². The van der Waals surface area contributed by atoms with Gasteiger partial charge in [0.25, 0.3) is 0 Å². The number of carbonyl (C=O) groups is 2. The second-order valence-corrected chi connectivity index (χ2v) is 10.1. The van der Waals surface area contributed by atoms with E-state index in [0.29, 0.717) is 58.8 Å². The number of hydrogen-bond acceptors (Lipinski definition) is 7. The molecule has 9 nitrogen and oxygen atoms in total. The van der Waals surface area contributed by atoms with Crippen molar-refractivity contribution in [3.63, 3.8) is 0 Å². The maximum Gasteiger partial charge on any atom is 0.245 e. The number of phenolic OH excluding ortho intramolecular Hbond substituents is 1. The summed E-state index contributed by atoms with van der Waals surface area (Å²) in [6.07, 6.45) is 1.08. The Morgan fingerprint density at radius 2 is 1.78 bits per heavy atom. The molecule has 0 radical (unpaired) electrons. The normalized spacial score (nSPS) is 22.1. The molecule has 4 aliphatic rings. The fourth-order valence-corrected chi connectivity index (χ4v) is 5.61. The van der Waals surface area contributed by atoms with Crippen LogP contribution in [0.5, 0.6) is 17.2 Å². The van der Waals surface area contributed by atoms with Crippen molar-refractivity contribution in [2.24, 2.45) is 5.41 Å². The van der Waals surface area contributed by atoms with Crippen LogP contribution in [-0.2, 0) is 27.3 Å². The number of phenols is 1. The average Bonchev–Trinajstić information content (AvgIpc) is 3.35. The van der Waals surface area contributed by atoms with Gasteiger partial charge < -0.3 is 34.0 Å². The molecule has 0 aromatic heterocycles. The molecule has 2 saturated heterocycles. The van der Waals surface area contributed by atoms with E-state index < -0.39 is 11.5 Å². The molecule has 190 valence electrons. The summed E-state index contributed by atoms with van der Waals surface area (Å²) in [6, 6.07) is 10.5. The Labute approximate surface area is 210 Å².